The van der Waals surface area contributed by atoms with Crippen molar-refractivity contribution in [1.29, 1.82) is 0 Å². The number of fused-ring (bicyclic) bond motifs is 2. The maximum atomic E-state index is 11.4. The number of piperidine rings is 1. The summed E-state index contributed by atoms with van der Waals surface area (Å²) in [6.07, 6.45) is 8.09. The molecule has 0 radical (unpaired) electrons. The van der Waals surface area contributed by atoms with Crippen LogP contribution in [0.25, 0.3) is 10.9 Å². The van der Waals surface area contributed by atoms with Gasteiger partial charge in [0.1, 0.15) is 0 Å². The molecule has 4 nitrogen and oxygen atoms in total. The maximum Gasteiger partial charge on any atom is 0.157 e. The number of carbonyl (C=O) groups is 1. The molecule has 4 heteroatoms. The summed E-state index contributed by atoms with van der Waals surface area (Å²) in [5, 5.41) is 5.06. The van der Waals surface area contributed by atoms with E-state index in [4.69, 9.17) is 0 Å². The Kier molecular flexibility index (Phi) is 3.71. The van der Waals surface area contributed by atoms with Crippen molar-refractivity contribution in [3.05, 3.63) is 47.3 Å². The number of rotatable bonds is 3. The highest BCUT2D eigenvalue weighted by Crippen LogP contribution is 2.44. The van der Waals surface area contributed by atoms with Crippen molar-refractivity contribution in [1.82, 2.24) is 14.8 Å². The minimum absolute atomic E-state index is 0.267. The lowest BCUT2D eigenvalue weighted by molar-refractivity contribution is -0.114. The number of ketones is 1. The van der Waals surface area contributed by atoms with E-state index in [0.717, 1.165) is 31.6 Å². The van der Waals surface area contributed by atoms with Crippen LogP contribution in [0.4, 0.5) is 0 Å². The molecular weight excluding hydrogens is 322 g/mol. The number of aryl methyl sites for hydroxylation is 1. The van der Waals surface area contributed by atoms with Gasteiger partial charge in [0.2, 0.25) is 0 Å². The standard InChI is InChI=1S/C22H27N3O/c1-24-12-14(11-23-16-6-7-17(26)10-16)8-19-18-4-3-5-20-22(18)15(9-21(19)24)13-25(20)2/h3-5,10,13-14,19,21,23H,6-9,11-12H2,1-2H3/t14-,19?,21+/m0/s1. The van der Waals surface area contributed by atoms with E-state index in [2.05, 4.69) is 53.3 Å². The summed E-state index contributed by atoms with van der Waals surface area (Å²) in [6, 6.07) is 7.43. The van der Waals surface area contributed by atoms with Crippen LogP contribution in [0.1, 0.15) is 36.3 Å². The zero-order chi connectivity index (χ0) is 17.8. The molecule has 1 saturated heterocycles. The largest absolute Gasteiger partial charge is 0.388 e. The van der Waals surface area contributed by atoms with Crippen molar-refractivity contribution in [2.45, 2.75) is 37.6 Å². The van der Waals surface area contributed by atoms with E-state index in [1.165, 1.54) is 22.9 Å². The average Bonchev–Trinajstić information content (AvgIpc) is 3.19. The Hall–Kier alpha value is -2.07. The summed E-state index contributed by atoms with van der Waals surface area (Å²) < 4.78 is 2.29. The SMILES string of the molecule is CN1C[C@H](CNC2=CC(=O)CC2)CC2c3cccc4c3c(cn4C)C[C@H]21. The lowest BCUT2D eigenvalue weighted by Gasteiger charge is -2.45. The topological polar surface area (TPSA) is 37.3 Å². The second kappa shape index (κ2) is 5.98. The van der Waals surface area contributed by atoms with Crippen LogP contribution in [0.15, 0.2) is 36.2 Å². The van der Waals surface area contributed by atoms with Gasteiger partial charge in [-0.15, -0.1) is 0 Å². The number of benzene rings is 1. The summed E-state index contributed by atoms with van der Waals surface area (Å²) in [5.41, 5.74) is 5.56. The number of likely N-dealkylation sites (N-methyl/N-ethyl adjacent to an activating group) is 1. The van der Waals surface area contributed by atoms with Crippen molar-refractivity contribution < 1.29 is 4.79 Å². The Morgan fingerprint density at radius 3 is 2.92 bits per heavy atom. The molecule has 2 heterocycles. The molecule has 0 spiro atoms. The summed E-state index contributed by atoms with van der Waals surface area (Å²) in [7, 11) is 4.45. The fraction of sp³-hybridized carbons (Fsp3) is 0.500. The van der Waals surface area contributed by atoms with E-state index in [1.807, 2.05) is 0 Å². The van der Waals surface area contributed by atoms with E-state index >= 15 is 0 Å². The normalized spacial score (nSPS) is 28.3. The molecule has 1 fully saturated rings. The van der Waals surface area contributed by atoms with Gasteiger partial charge in [-0.1, -0.05) is 12.1 Å². The van der Waals surface area contributed by atoms with E-state index in [0.29, 0.717) is 24.3 Å². The van der Waals surface area contributed by atoms with Crippen LogP contribution in [0.2, 0.25) is 0 Å². The van der Waals surface area contributed by atoms with Gasteiger partial charge in [0.25, 0.3) is 0 Å². The van der Waals surface area contributed by atoms with Crippen LogP contribution in [0.3, 0.4) is 0 Å². The lowest BCUT2D eigenvalue weighted by atomic mass is 9.72. The molecule has 1 N–H and O–H groups in total. The van der Waals surface area contributed by atoms with E-state index in [-0.39, 0.29) is 5.78 Å². The minimum atomic E-state index is 0.267. The highest BCUT2D eigenvalue weighted by molar-refractivity contribution is 5.92. The van der Waals surface area contributed by atoms with E-state index < -0.39 is 0 Å². The fourth-order valence-corrected chi connectivity index (χ4v) is 5.49. The van der Waals surface area contributed by atoms with Crippen LogP contribution in [-0.4, -0.2) is 41.4 Å². The van der Waals surface area contributed by atoms with Gasteiger partial charge >= 0.3 is 0 Å². The van der Waals surface area contributed by atoms with Crippen LogP contribution < -0.4 is 5.32 Å². The molecule has 1 aliphatic heterocycles. The Morgan fingerprint density at radius 1 is 1.23 bits per heavy atom. The highest BCUT2D eigenvalue weighted by Gasteiger charge is 2.39. The Labute approximate surface area is 154 Å². The van der Waals surface area contributed by atoms with Crippen LogP contribution in [0, 0.1) is 5.92 Å². The van der Waals surface area contributed by atoms with Crippen molar-refractivity contribution in [3.8, 4) is 0 Å². The first kappa shape index (κ1) is 16.1. The predicted octanol–water partition coefficient (Wildman–Crippen LogP) is 2.97. The maximum absolute atomic E-state index is 11.4. The second-order valence-electron chi connectivity index (χ2n) is 8.44. The number of carbonyl (C=O) groups excluding carboxylic acids is 1. The monoisotopic (exact) mass is 349 g/mol. The van der Waals surface area contributed by atoms with Crippen molar-refractivity contribution in [3.63, 3.8) is 0 Å². The quantitative estimate of drug-likeness (QED) is 0.926. The zero-order valence-electron chi connectivity index (χ0n) is 15.7. The van der Waals surface area contributed by atoms with Crippen molar-refractivity contribution in [2.24, 2.45) is 13.0 Å². The number of nitrogens with zero attached hydrogens (tertiary/aromatic N) is 2. The molecule has 136 valence electrons. The van der Waals surface area contributed by atoms with Gasteiger partial charge in [-0.3, -0.25) is 4.79 Å². The van der Waals surface area contributed by atoms with Crippen LogP contribution >= 0.6 is 0 Å². The molecule has 2 aromatic rings. The number of hydrogen-bond donors (Lipinski definition) is 1. The molecule has 0 saturated carbocycles. The summed E-state index contributed by atoms with van der Waals surface area (Å²) in [6.45, 7) is 2.11. The summed E-state index contributed by atoms with van der Waals surface area (Å²) in [5.74, 6) is 1.50. The molecule has 5 rings (SSSR count). The number of aromatic nitrogens is 1. The second-order valence-corrected chi connectivity index (χ2v) is 8.44. The molecule has 0 bridgehead atoms. The number of nitrogens with one attached hydrogen (secondary N) is 1. The molecule has 3 atom stereocenters. The average molecular weight is 349 g/mol. The fourth-order valence-electron chi connectivity index (χ4n) is 5.49. The van der Waals surface area contributed by atoms with E-state index in [1.54, 1.807) is 11.6 Å². The van der Waals surface area contributed by atoms with Crippen LogP contribution in [0.5, 0.6) is 0 Å². The van der Waals surface area contributed by atoms with Gasteiger partial charge in [-0.05, 0) is 49.4 Å². The third-order valence-electron chi connectivity index (χ3n) is 6.71. The van der Waals surface area contributed by atoms with Gasteiger partial charge in [-0.2, -0.15) is 0 Å². The minimum Gasteiger partial charge on any atom is -0.388 e. The number of allylic oxidation sites excluding steroid dienone is 2. The Morgan fingerprint density at radius 2 is 2.12 bits per heavy atom. The smallest absolute Gasteiger partial charge is 0.157 e. The van der Waals surface area contributed by atoms with E-state index in [9.17, 15) is 4.79 Å². The van der Waals surface area contributed by atoms with Gasteiger partial charge in [-0.25, -0.2) is 0 Å². The molecule has 2 aliphatic carbocycles. The van der Waals surface area contributed by atoms with Crippen molar-refractivity contribution in [2.75, 3.05) is 20.1 Å². The van der Waals surface area contributed by atoms with Gasteiger partial charge in [0.15, 0.2) is 5.78 Å². The predicted molar refractivity (Wildman–Crippen MR) is 104 cm³/mol. The number of hydrogen-bond acceptors (Lipinski definition) is 3. The Bertz CT molecular complexity index is 909. The first-order valence-electron chi connectivity index (χ1n) is 9.84. The molecule has 1 aromatic heterocycles. The first-order chi connectivity index (χ1) is 12.6. The lowest BCUT2D eigenvalue weighted by Crippen LogP contribution is -2.49. The molecule has 26 heavy (non-hydrogen) atoms. The Balaban J connectivity index is 1.41. The highest BCUT2D eigenvalue weighted by atomic mass is 16.1. The first-order valence-corrected chi connectivity index (χ1v) is 9.84. The van der Waals surface area contributed by atoms with Crippen LogP contribution in [-0.2, 0) is 18.3 Å². The third kappa shape index (κ3) is 2.50. The van der Waals surface area contributed by atoms with Gasteiger partial charge in [0.05, 0.1) is 0 Å². The summed E-state index contributed by atoms with van der Waals surface area (Å²) in [4.78, 5) is 14.0. The molecule has 3 aliphatic rings. The van der Waals surface area contributed by atoms with Crippen molar-refractivity contribution >= 4 is 16.7 Å². The molecule has 1 aromatic carbocycles. The number of likely N-dealkylation sites (tertiary alicyclic amines) is 1. The van der Waals surface area contributed by atoms with Gasteiger partial charge in [0, 0.05) is 67.4 Å². The van der Waals surface area contributed by atoms with Gasteiger partial charge < -0.3 is 14.8 Å². The molecular formula is C22H27N3O. The molecule has 1 unspecified atom stereocenters. The molecule has 0 amide bonds. The third-order valence-corrected chi connectivity index (χ3v) is 6.71. The summed E-state index contributed by atoms with van der Waals surface area (Å²) >= 11 is 0. The zero-order valence-corrected chi connectivity index (χ0v) is 15.7.